The number of hydrogen-bond acceptors (Lipinski definition) is 5. The van der Waals surface area contributed by atoms with E-state index in [0.717, 1.165) is 38.9 Å². The van der Waals surface area contributed by atoms with Gasteiger partial charge in [-0.05, 0) is 48.4 Å². The number of sulfonamides is 1. The molecule has 2 aromatic carbocycles. The molecule has 0 aliphatic carbocycles. The largest absolute Gasteiger partial charge is 0.419 e. The van der Waals surface area contributed by atoms with Crippen LogP contribution in [0.25, 0.3) is 11.1 Å². The normalized spacial score (nSPS) is 20.1. The minimum Gasteiger partial charge on any atom is -0.408 e. The molecule has 0 saturated carbocycles. The molecule has 7 nitrogen and oxygen atoms in total. The van der Waals surface area contributed by atoms with Crippen LogP contribution in [0.15, 0.2) is 56.6 Å². The highest BCUT2D eigenvalue weighted by molar-refractivity contribution is 7.89. The monoisotopic (exact) mass is 477 g/mol. The molecule has 0 spiro atoms. The quantitative estimate of drug-likeness (QED) is 0.577. The summed E-state index contributed by atoms with van der Waals surface area (Å²) in [6, 6.07) is 13.2. The molecule has 1 aromatic heterocycles. The summed E-state index contributed by atoms with van der Waals surface area (Å²) in [5, 5.41) is 0. The molecule has 0 amide bonds. The van der Waals surface area contributed by atoms with Crippen LogP contribution in [-0.2, 0) is 30.0 Å². The Morgan fingerprint density at radius 1 is 1.09 bits per heavy atom. The van der Waals surface area contributed by atoms with Crippen LogP contribution >= 0.6 is 12.4 Å². The summed E-state index contributed by atoms with van der Waals surface area (Å²) in [4.78, 5) is 14.4. The number of hydrogen-bond donors (Lipinski definition) is 0. The molecule has 0 N–H and O–H groups in total. The van der Waals surface area contributed by atoms with E-state index in [1.165, 1.54) is 21.8 Å². The van der Waals surface area contributed by atoms with Crippen molar-refractivity contribution in [1.29, 1.82) is 0 Å². The number of aromatic nitrogens is 1. The van der Waals surface area contributed by atoms with Crippen LogP contribution in [0.3, 0.4) is 0 Å². The van der Waals surface area contributed by atoms with Crippen molar-refractivity contribution in [3.8, 4) is 0 Å². The Morgan fingerprint density at radius 3 is 2.69 bits per heavy atom. The lowest BCUT2D eigenvalue weighted by atomic mass is 9.95. The summed E-state index contributed by atoms with van der Waals surface area (Å²) in [7, 11) is -2.03. The predicted molar refractivity (Wildman–Crippen MR) is 126 cm³/mol. The highest BCUT2D eigenvalue weighted by Gasteiger charge is 2.32. The first-order chi connectivity index (χ1) is 14.9. The number of piperidine rings is 1. The standard InChI is InChI=1S/C23H27N3O4S.ClH/c1-24-21-9-8-20(13-22(21)30-23(24)27)31(28,29)26-11-4-5-17(15-26)14-25-12-10-18-6-2-3-7-19(18)16-25;/h2-3,6-9,13,17H,4-5,10-12,14-16H2,1H3;1H. The topological polar surface area (TPSA) is 75.8 Å². The van der Waals surface area contributed by atoms with Crippen LogP contribution < -0.4 is 5.76 Å². The number of benzene rings is 2. The summed E-state index contributed by atoms with van der Waals surface area (Å²) in [5.74, 6) is -0.183. The second kappa shape index (κ2) is 9.02. The second-order valence-electron chi connectivity index (χ2n) is 8.68. The van der Waals surface area contributed by atoms with Crippen molar-refractivity contribution in [1.82, 2.24) is 13.8 Å². The van der Waals surface area contributed by atoms with E-state index in [1.807, 2.05) is 0 Å². The molecule has 3 aromatic rings. The number of nitrogens with zero attached hydrogens (tertiary/aromatic N) is 3. The summed E-state index contributed by atoms with van der Waals surface area (Å²) in [6.07, 6.45) is 2.95. The molecule has 3 heterocycles. The minimum atomic E-state index is -3.64. The molecule has 32 heavy (non-hydrogen) atoms. The highest BCUT2D eigenvalue weighted by atomic mass is 35.5. The number of fused-ring (bicyclic) bond motifs is 2. The number of oxazole rings is 1. The average Bonchev–Trinajstić information content (AvgIpc) is 3.07. The summed E-state index contributed by atoms with van der Waals surface area (Å²) < 4.78 is 34.8. The van der Waals surface area contributed by atoms with Gasteiger partial charge in [0.2, 0.25) is 10.0 Å². The molecule has 1 saturated heterocycles. The van der Waals surface area contributed by atoms with Gasteiger partial charge in [-0.15, -0.1) is 12.4 Å². The van der Waals surface area contributed by atoms with E-state index >= 15 is 0 Å². The first-order valence-electron chi connectivity index (χ1n) is 10.8. The van der Waals surface area contributed by atoms with Gasteiger partial charge in [-0.3, -0.25) is 9.47 Å². The molecule has 172 valence electrons. The van der Waals surface area contributed by atoms with Crippen molar-refractivity contribution in [3.63, 3.8) is 0 Å². The Labute approximate surface area is 194 Å². The summed E-state index contributed by atoms with van der Waals surface area (Å²) >= 11 is 0. The van der Waals surface area contributed by atoms with Crippen molar-refractivity contribution in [2.45, 2.75) is 30.7 Å². The third kappa shape index (κ3) is 4.24. The fourth-order valence-electron chi connectivity index (χ4n) is 4.89. The van der Waals surface area contributed by atoms with E-state index in [1.54, 1.807) is 23.5 Å². The molecule has 1 atom stereocenters. The van der Waals surface area contributed by atoms with Gasteiger partial charge in [-0.2, -0.15) is 4.31 Å². The Balaban J connectivity index is 0.00000245. The molecule has 0 bridgehead atoms. The van der Waals surface area contributed by atoms with Crippen molar-refractivity contribution in [2.75, 3.05) is 26.2 Å². The summed E-state index contributed by atoms with van der Waals surface area (Å²) in [6.45, 7) is 3.91. The molecule has 9 heteroatoms. The number of rotatable bonds is 4. The molecule has 1 unspecified atom stereocenters. The lowest BCUT2D eigenvalue weighted by Gasteiger charge is -2.36. The fraction of sp³-hybridized carbons (Fsp3) is 0.435. The van der Waals surface area contributed by atoms with E-state index in [0.29, 0.717) is 30.1 Å². The molecular weight excluding hydrogens is 450 g/mol. The van der Waals surface area contributed by atoms with Crippen LogP contribution in [-0.4, -0.2) is 48.4 Å². The van der Waals surface area contributed by atoms with E-state index in [4.69, 9.17) is 4.42 Å². The first kappa shape index (κ1) is 23.0. The minimum absolute atomic E-state index is 0. The van der Waals surface area contributed by atoms with Gasteiger partial charge >= 0.3 is 5.76 Å². The highest BCUT2D eigenvalue weighted by Crippen LogP contribution is 2.27. The molecule has 2 aliphatic rings. The zero-order valence-electron chi connectivity index (χ0n) is 18.1. The number of aryl methyl sites for hydroxylation is 1. The zero-order chi connectivity index (χ0) is 21.6. The lowest BCUT2D eigenvalue weighted by Crippen LogP contribution is -2.44. The third-order valence-corrected chi connectivity index (χ3v) is 8.47. The fourth-order valence-corrected chi connectivity index (χ4v) is 6.46. The van der Waals surface area contributed by atoms with Gasteiger partial charge in [0.1, 0.15) is 0 Å². The Kier molecular flexibility index (Phi) is 6.49. The average molecular weight is 478 g/mol. The van der Waals surface area contributed by atoms with Gasteiger partial charge in [-0.1, -0.05) is 24.3 Å². The van der Waals surface area contributed by atoms with Crippen molar-refractivity contribution in [2.24, 2.45) is 13.0 Å². The Bertz CT molecular complexity index is 1280. The summed E-state index contributed by atoms with van der Waals surface area (Å²) in [5.41, 5.74) is 3.70. The predicted octanol–water partition coefficient (Wildman–Crippen LogP) is 3.01. The van der Waals surface area contributed by atoms with Crippen molar-refractivity contribution >= 4 is 33.5 Å². The van der Waals surface area contributed by atoms with E-state index < -0.39 is 15.8 Å². The van der Waals surface area contributed by atoms with Crippen molar-refractivity contribution in [3.05, 3.63) is 64.1 Å². The van der Waals surface area contributed by atoms with Gasteiger partial charge in [0.15, 0.2) is 5.58 Å². The van der Waals surface area contributed by atoms with Crippen LogP contribution in [0.4, 0.5) is 0 Å². The zero-order valence-corrected chi connectivity index (χ0v) is 19.7. The Hall–Kier alpha value is -2.13. The van der Waals surface area contributed by atoms with Gasteiger partial charge in [0.05, 0.1) is 10.4 Å². The lowest BCUT2D eigenvalue weighted by molar-refractivity contribution is 0.167. The smallest absolute Gasteiger partial charge is 0.408 e. The van der Waals surface area contributed by atoms with Crippen LogP contribution in [0.5, 0.6) is 0 Å². The molecule has 5 rings (SSSR count). The molecule has 0 radical (unpaired) electrons. The van der Waals surface area contributed by atoms with Crippen LogP contribution in [0.1, 0.15) is 24.0 Å². The SMILES string of the molecule is Cl.Cn1c(=O)oc2cc(S(=O)(=O)N3CCCC(CN4CCc5ccccc5C4)C3)ccc21. The van der Waals surface area contributed by atoms with Gasteiger partial charge in [0, 0.05) is 45.8 Å². The second-order valence-corrected chi connectivity index (χ2v) is 10.6. The van der Waals surface area contributed by atoms with Gasteiger partial charge < -0.3 is 4.42 Å². The number of halogens is 1. The van der Waals surface area contributed by atoms with Crippen LogP contribution in [0.2, 0.25) is 0 Å². The van der Waals surface area contributed by atoms with E-state index in [2.05, 4.69) is 29.2 Å². The molecule has 1 fully saturated rings. The first-order valence-corrected chi connectivity index (χ1v) is 12.2. The van der Waals surface area contributed by atoms with Gasteiger partial charge in [-0.25, -0.2) is 13.2 Å². The van der Waals surface area contributed by atoms with Crippen LogP contribution in [0, 0.1) is 5.92 Å². The molecule has 2 aliphatic heterocycles. The maximum atomic E-state index is 13.3. The Morgan fingerprint density at radius 2 is 1.88 bits per heavy atom. The van der Waals surface area contributed by atoms with E-state index in [9.17, 15) is 13.2 Å². The maximum Gasteiger partial charge on any atom is 0.419 e. The van der Waals surface area contributed by atoms with Crippen molar-refractivity contribution < 1.29 is 12.8 Å². The molecular formula is C23H28ClN3O4S. The maximum absolute atomic E-state index is 13.3. The van der Waals surface area contributed by atoms with E-state index in [-0.39, 0.29) is 17.3 Å². The van der Waals surface area contributed by atoms with Gasteiger partial charge in [0.25, 0.3) is 0 Å². The third-order valence-electron chi connectivity index (χ3n) is 6.61.